The normalized spacial score (nSPS) is 27.2. The molecule has 1 rings (SSSR count). The van der Waals surface area contributed by atoms with Crippen LogP contribution in [-0.2, 0) is 10.2 Å². The molecule has 5 nitrogen and oxygen atoms in total. The van der Waals surface area contributed by atoms with Gasteiger partial charge in [-0.3, -0.25) is 0 Å². The van der Waals surface area contributed by atoms with Crippen LogP contribution in [0, 0.1) is 5.92 Å². The molecular weight excluding hydrogens is 226 g/mol. The van der Waals surface area contributed by atoms with E-state index in [9.17, 15) is 8.42 Å². The second-order valence-corrected chi connectivity index (χ2v) is 6.36. The molecule has 0 saturated heterocycles. The summed E-state index contributed by atoms with van der Waals surface area (Å²) in [5.41, 5.74) is 5.95. The van der Waals surface area contributed by atoms with Crippen molar-refractivity contribution >= 4 is 10.2 Å². The average Bonchev–Trinajstić information content (AvgIpc) is 2.14. The molecule has 6 heteroatoms. The third kappa shape index (κ3) is 4.78. The molecule has 0 aromatic carbocycles. The molecule has 4 N–H and O–H groups in total. The van der Waals surface area contributed by atoms with Gasteiger partial charge in [-0.15, -0.1) is 0 Å². The second-order valence-electron chi connectivity index (χ2n) is 4.83. The van der Waals surface area contributed by atoms with E-state index in [2.05, 4.69) is 9.44 Å². The highest BCUT2D eigenvalue weighted by Crippen LogP contribution is 2.22. The maximum absolute atomic E-state index is 11.5. The van der Waals surface area contributed by atoms with Gasteiger partial charge in [-0.1, -0.05) is 12.8 Å². The van der Waals surface area contributed by atoms with Gasteiger partial charge < -0.3 is 5.73 Å². The summed E-state index contributed by atoms with van der Waals surface area (Å²) in [5, 5.41) is 0. The predicted octanol–water partition coefficient (Wildman–Crippen LogP) is 0.336. The average molecular weight is 249 g/mol. The first kappa shape index (κ1) is 13.9. The van der Waals surface area contributed by atoms with E-state index < -0.39 is 10.2 Å². The van der Waals surface area contributed by atoms with E-state index in [0.717, 1.165) is 25.7 Å². The van der Waals surface area contributed by atoms with Crippen LogP contribution in [0.5, 0.6) is 0 Å². The zero-order valence-electron chi connectivity index (χ0n) is 10.1. The summed E-state index contributed by atoms with van der Waals surface area (Å²) in [6, 6.07) is 0.0491. The van der Waals surface area contributed by atoms with E-state index in [1.165, 1.54) is 0 Å². The van der Waals surface area contributed by atoms with Crippen LogP contribution >= 0.6 is 0 Å². The molecule has 0 heterocycles. The highest BCUT2D eigenvalue weighted by atomic mass is 32.2. The van der Waals surface area contributed by atoms with Gasteiger partial charge in [-0.2, -0.15) is 13.1 Å². The Balaban J connectivity index is 2.38. The Morgan fingerprint density at radius 2 is 1.94 bits per heavy atom. The molecule has 0 aromatic rings. The highest BCUT2D eigenvalue weighted by Gasteiger charge is 2.23. The fraction of sp³-hybridized carbons (Fsp3) is 1.00. The molecular formula is C10H23N3O2S. The van der Waals surface area contributed by atoms with Crippen molar-refractivity contribution in [3.05, 3.63) is 0 Å². The van der Waals surface area contributed by atoms with E-state index in [-0.39, 0.29) is 18.0 Å². The Hall–Kier alpha value is -0.170. The maximum Gasteiger partial charge on any atom is 0.277 e. The number of nitrogens with one attached hydrogen (secondary N) is 2. The van der Waals surface area contributed by atoms with Gasteiger partial charge in [-0.25, -0.2) is 4.72 Å². The van der Waals surface area contributed by atoms with Gasteiger partial charge in [-0.05, 0) is 32.6 Å². The molecule has 0 amide bonds. The minimum absolute atomic E-state index is 0.0856. The Bertz CT molecular complexity index is 303. The molecule has 2 atom stereocenters. The zero-order chi connectivity index (χ0) is 12.2. The van der Waals surface area contributed by atoms with Crippen molar-refractivity contribution in [3.63, 3.8) is 0 Å². The van der Waals surface area contributed by atoms with Gasteiger partial charge in [0.2, 0.25) is 0 Å². The van der Waals surface area contributed by atoms with Crippen LogP contribution < -0.4 is 15.2 Å². The fourth-order valence-electron chi connectivity index (χ4n) is 2.06. The van der Waals surface area contributed by atoms with Crippen molar-refractivity contribution in [3.8, 4) is 0 Å². The summed E-state index contributed by atoms with van der Waals surface area (Å²) >= 11 is 0. The molecule has 0 aromatic heterocycles. The van der Waals surface area contributed by atoms with Gasteiger partial charge >= 0.3 is 0 Å². The number of hydrogen-bond donors (Lipinski definition) is 3. The van der Waals surface area contributed by atoms with Crippen molar-refractivity contribution in [2.45, 2.75) is 51.6 Å². The Morgan fingerprint density at radius 1 is 1.31 bits per heavy atom. The second kappa shape index (κ2) is 5.95. The summed E-state index contributed by atoms with van der Waals surface area (Å²) in [7, 11) is -3.36. The Labute approximate surface area is 98.4 Å². The smallest absolute Gasteiger partial charge is 0.277 e. The van der Waals surface area contributed by atoms with E-state index in [1.807, 2.05) is 0 Å². The molecule has 1 saturated carbocycles. The van der Waals surface area contributed by atoms with E-state index in [4.69, 9.17) is 5.73 Å². The molecule has 0 aliphatic heterocycles. The van der Waals surface area contributed by atoms with Crippen molar-refractivity contribution in [2.75, 3.05) is 6.54 Å². The van der Waals surface area contributed by atoms with Gasteiger partial charge in [0.1, 0.15) is 0 Å². The first-order valence-corrected chi connectivity index (χ1v) is 7.41. The lowest BCUT2D eigenvalue weighted by molar-refractivity contribution is 0.307. The predicted molar refractivity (Wildman–Crippen MR) is 65.1 cm³/mol. The first-order chi connectivity index (χ1) is 7.41. The van der Waals surface area contributed by atoms with E-state index in [0.29, 0.717) is 6.54 Å². The third-order valence-corrected chi connectivity index (χ3v) is 4.22. The van der Waals surface area contributed by atoms with Crippen LogP contribution in [0.2, 0.25) is 0 Å². The fourth-order valence-corrected chi connectivity index (χ4v) is 3.20. The lowest BCUT2D eigenvalue weighted by atomic mass is 9.85. The van der Waals surface area contributed by atoms with Gasteiger partial charge in [0.05, 0.1) is 0 Å². The molecule has 0 spiro atoms. The van der Waals surface area contributed by atoms with Crippen LogP contribution in [0.15, 0.2) is 0 Å². The quantitative estimate of drug-likeness (QED) is 0.657. The molecule has 0 bridgehead atoms. The lowest BCUT2D eigenvalue weighted by Gasteiger charge is -2.28. The highest BCUT2D eigenvalue weighted by molar-refractivity contribution is 7.87. The topological polar surface area (TPSA) is 84.2 Å². The summed E-state index contributed by atoms with van der Waals surface area (Å²) in [4.78, 5) is 0. The molecule has 1 aliphatic carbocycles. The van der Waals surface area contributed by atoms with Crippen LogP contribution in [0.1, 0.15) is 39.5 Å². The van der Waals surface area contributed by atoms with Crippen LogP contribution in [0.25, 0.3) is 0 Å². The Morgan fingerprint density at radius 3 is 2.50 bits per heavy atom. The number of hydrogen-bond acceptors (Lipinski definition) is 3. The first-order valence-electron chi connectivity index (χ1n) is 5.93. The van der Waals surface area contributed by atoms with Gasteiger partial charge in [0.25, 0.3) is 10.2 Å². The minimum Gasteiger partial charge on any atom is -0.327 e. The monoisotopic (exact) mass is 249 g/mol. The maximum atomic E-state index is 11.5. The van der Waals surface area contributed by atoms with E-state index in [1.54, 1.807) is 13.8 Å². The van der Waals surface area contributed by atoms with Crippen LogP contribution in [0.4, 0.5) is 0 Å². The zero-order valence-corrected chi connectivity index (χ0v) is 10.9. The summed E-state index contributed by atoms with van der Waals surface area (Å²) in [5.74, 6) is 0.275. The van der Waals surface area contributed by atoms with Gasteiger partial charge in [0, 0.05) is 18.6 Å². The molecule has 1 fully saturated rings. The molecule has 2 unspecified atom stereocenters. The SMILES string of the molecule is CC(C)NS(=O)(=O)NCC1CCCCC1N. The van der Waals surface area contributed by atoms with Crippen LogP contribution in [0.3, 0.4) is 0 Å². The standard InChI is InChI=1S/C10H23N3O2S/c1-8(2)13-16(14,15)12-7-9-5-3-4-6-10(9)11/h8-10,12-13H,3-7,11H2,1-2H3. The minimum atomic E-state index is -3.36. The summed E-state index contributed by atoms with van der Waals surface area (Å²) < 4.78 is 28.1. The summed E-state index contributed by atoms with van der Waals surface area (Å²) in [6.07, 6.45) is 4.34. The summed E-state index contributed by atoms with van der Waals surface area (Å²) in [6.45, 7) is 4.04. The largest absolute Gasteiger partial charge is 0.327 e. The van der Waals surface area contributed by atoms with Crippen LogP contribution in [-0.4, -0.2) is 27.0 Å². The van der Waals surface area contributed by atoms with Crippen molar-refractivity contribution in [1.82, 2.24) is 9.44 Å². The molecule has 16 heavy (non-hydrogen) atoms. The molecule has 1 aliphatic rings. The van der Waals surface area contributed by atoms with E-state index >= 15 is 0 Å². The van der Waals surface area contributed by atoms with Crippen molar-refractivity contribution in [2.24, 2.45) is 11.7 Å². The number of nitrogens with two attached hydrogens (primary N) is 1. The third-order valence-electron chi connectivity index (χ3n) is 2.89. The van der Waals surface area contributed by atoms with Crippen molar-refractivity contribution in [1.29, 1.82) is 0 Å². The lowest BCUT2D eigenvalue weighted by Crippen LogP contribution is -2.46. The van der Waals surface area contributed by atoms with Gasteiger partial charge in [0.15, 0.2) is 0 Å². The Kier molecular flexibility index (Phi) is 5.17. The molecule has 0 radical (unpaired) electrons. The molecule has 96 valence electrons. The number of rotatable bonds is 5. The van der Waals surface area contributed by atoms with Crippen molar-refractivity contribution < 1.29 is 8.42 Å².